The van der Waals surface area contributed by atoms with E-state index in [-0.39, 0.29) is 23.9 Å². The lowest BCUT2D eigenvalue weighted by Gasteiger charge is -2.03. The predicted molar refractivity (Wildman–Crippen MR) is 105 cm³/mol. The molecular weight excluding hydrogens is 408 g/mol. The molecule has 0 atom stereocenters. The number of ether oxygens (including phenoxy) is 1. The van der Waals surface area contributed by atoms with Crippen molar-refractivity contribution in [2.75, 3.05) is 6.54 Å². The number of amidine groups is 1. The fourth-order valence-electron chi connectivity index (χ4n) is 2.74. The summed E-state index contributed by atoms with van der Waals surface area (Å²) < 4.78 is 32.6. The molecule has 2 aromatic carbocycles. The average Bonchev–Trinajstić information content (AvgIpc) is 3.13. The molecule has 0 spiro atoms. The minimum atomic E-state index is -3.63. The molecule has 3 aromatic rings. The second kappa shape index (κ2) is 6.95. The number of benzene rings is 2. The minimum Gasteiger partial charge on any atom is -0.459 e. The summed E-state index contributed by atoms with van der Waals surface area (Å²) >= 11 is 7.79. The molecule has 1 aliphatic rings. The number of aliphatic imine (C=N–C) groups is 1. The number of hydrogen-bond donors (Lipinski definition) is 1. The zero-order chi connectivity index (χ0) is 19.0. The van der Waals surface area contributed by atoms with Crippen LogP contribution in [-0.4, -0.2) is 26.8 Å². The molecular formula is C18H13ClN2O4S2. The summed E-state index contributed by atoms with van der Waals surface area (Å²) in [5, 5.41) is 1.50. The van der Waals surface area contributed by atoms with Gasteiger partial charge in [0.25, 0.3) is 10.0 Å². The lowest BCUT2D eigenvalue weighted by molar-refractivity contribution is -0.143. The van der Waals surface area contributed by atoms with Crippen LogP contribution < -0.4 is 4.72 Å². The number of rotatable bonds is 4. The van der Waals surface area contributed by atoms with Gasteiger partial charge in [-0.1, -0.05) is 41.9 Å². The van der Waals surface area contributed by atoms with Crippen molar-refractivity contribution in [2.24, 2.45) is 4.99 Å². The molecule has 4 rings (SSSR count). The largest absolute Gasteiger partial charge is 0.459 e. The molecule has 2 heterocycles. The van der Waals surface area contributed by atoms with E-state index in [1.54, 1.807) is 18.2 Å². The van der Waals surface area contributed by atoms with Gasteiger partial charge in [-0.25, -0.2) is 8.42 Å². The van der Waals surface area contributed by atoms with Gasteiger partial charge in [0, 0.05) is 15.6 Å². The maximum absolute atomic E-state index is 12.0. The zero-order valence-electron chi connectivity index (χ0n) is 13.8. The fourth-order valence-corrected chi connectivity index (χ4v) is 5.40. The van der Waals surface area contributed by atoms with Gasteiger partial charge in [-0.3, -0.25) is 14.5 Å². The van der Waals surface area contributed by atoms with E-state index in [1.165, 1.54) is 17.4 Å². The smallest absolute Gasteiger partial charge is 0.328 e. The number of hydrogen-bond acceptors (Lipinski definition) is 6. The SMILES string of the molecule is O=C(CN=C1NS(=O)(=O)c2ccccc21)OCc1sc2ccccc2c1Cl. The van der Waals surface area contributed by atoms with Gasteiger partial charge in [-0.15, -0.1) is 11.3 Å². The molecule has 1 N–H and O–H groups in total. The maximum Gasteiger partial charge on any atom is 0.328 e. The molecule has 138 valence electrons. The van der Waals surface area contributed by atoms with Gasteiger partial charge >= 0.3 is 5.97 Å². The first kappa shape index (κ1) is 18.0. The first-order chi connectivity index (χ1) is 13.0. The van der Waals surface area contributed by atoms with E-state index in [1.807, 2.05) is 24.3 Å². The fraction of sp³-hybridized carbons (Fsp3) is 0.111. The molecule has 0 fully saturated rings. The number of sulfonamides is 1. The highest BCUT2D eigenvalue weighted by molar-refractivity contribution is 7.90. The number of nitrogens with one attached hydrogen (secondary N) is 1. The van der Waals surface area contributed by atoms with Crippen molar-refractivity contribution in [3.63, 3.8) is 0 Å². The van der Waals surface area contributed by atoms with Crippen LogP contribution >= 0.6 is 22.9 Å². The van der Waals surface area contributed by atoms with Crippen molar-refractivity contribution in [3.8, 4) is 0 Å². The van der Waals surface area contributed by atoms with Gasteiger partial charge in [-0.2, -0.15) is 0 Å². The third-order valence-electron chi connectivity index (χ3n) is 3.99. The van der Waals surface area contributed by atoms with Gasteiger partial charge in [0.05, 0.1) is 14.8 Å². The van der Waals surface area contributed by atoms with Crippen LogP contribution in [0.3, 0.4) is 0 Å². The quantitative estimate of drug-likeness (QED) is 0.656. The first-order valence-electron chi connectivity index (χ1n) is 7.94. The molecule has 0 bridgehead atoms. The van der Waals surface area contributed by atoms with Crippen molar-refractivity contribution in [3.05, 3.63) is 64.0 Å². The summed E-state index contributed by atoms with van der Waals surface area (Å²) in [6.07, 6.45) is 0. The number of nitrogens with zero attached hydrogens (tertiary/aromatic N) is 1. The van der Waals surface area contributed by atoms with Gasteiger partial charge in [-0.05, 0) is 18.2 Å². The predicted octanol–water partition coefficient (Wildman–Crippen LogP) is 3.34. The summed E-state index contributed by atoms with van der Waals surface area (Å²) in [7, 11) is -3.63. The van der Waals surface area contributed by atoms with Crippen LogP contribution in [0.25, 0.3) is 10.1 Å². The molecule has 0 amide bonds. The number of esters is 1. The van der Waals surface area contributed by atoms with Crippen LogP contribution in [0, 0.1) is 0 Å². The van der Waals surface area contributed by atoms with Gasteiger partial charge in [0.1, 0.15) is 19.0 Å². The second-order valence-corrected chi connectivity index (χ2v) is 8.93. The highest BCUT2D eigenvalue weighted by atomic mass is 35.5. The molecule has 9 heteroatoms. The van der Waals surface area contributed by atoms with Crippen molar-refractivity contribution >= 4 is 54.9 Å². The molecule has 1 aliphatic heterocycles. The Hall–Kier alpha value is -2.42. The number of thiophene rings is 1. The first-order valence-corrected chi connectivity index (χ1v) is 10.6. The molecule has 0 aliphatic carbocycles. The Bertz CT molecular complexity index is 1190. The second-order valence-electron chi connectivity index (χ2n) is 5.76. The highest BCUT2D eigenvalue weighted by Crippen LogP contribution is 2.35. The van der Waals surface area contributed by atoms with E-state index in [0.29, 0.717) is 10.6 Å². The Morgan fingerprint density at radius 3 is 2.70 bits per heavy atom. The van der Waals surface area contributed by atoms with E-state index < -0.39 is 16.0 Å². The summed E-state index contributed by atoms with van der Waals surface area (Å²) in [5.41, 5.74) is 0.442. The average molecular weight is 421 g/mol. The molecule has 0 radical (unpaired) electrons. The Morgan fingerprint density at radius 1 is 1.15 bits per heavy atom. The third-order valence-corrected chi connectivity index (χ3v) is 7.08. The Labute approximate surface area is 164 Å². The van der Waals surface area contributed by atoms with E-state index >= 15 is 0 Å². The van der Waals surface area contributed by atoms with Crippen LogP contribution in [0.5, 0.6) is 0 Å². The van der Waals surface area contributed by atoms with Crippen LogP contribution in [0.2, 0.25) is 5.02 Å². The maximum atomic E-state index is 12.0. The third kappa shape index (κ3) is 3.43. The van der Waals surface area contributed by atoms with E-state index in [4.69, 9.17) is 16.3 Å². The molecule has 0 saturated heterocycles. The number of halogens is 1. The zero-order valence-corrected chi connectivity index (χ0v) is 16.2. The van der Waals surface area contributed by atoms with E-state index in [0.717, 1.165) is 15.0 Å². The number of carbonyl (C=O) groups excluding carboxylic acids is 1. The molecule has 0 unspecified atom stereocenters. The monoisotopic (exact) mass is 420 g/mol. The molecule has 1 aromatic heterocycles. The van der Waals surface area contributed by atoms with Crippen LogP contribution in [0.4, 0.5) is 0 Å². The van der Waals surface area contributed by atoms with Gasteiger partial charge in [0.15, 0.2) is 0 Å². The topological polar surface area (TPSA) is 84.8 Å². The van der Waals surface area contributed by atoms with Crippen molar-refractivity contribution in [2.45, 2.75) is 11.5 Å². The Balaban J connectivity index is 1.44. The minimum absolute atomic E-state index is 0.0458. The lowest BCUT2D eigenvalue weighted by Crippen LogP contribution is -2.23. The summed E-state index contributed by atoms with van der Waals surface area (Å²) in [6, 6.07) is 14.1. The van der Waals surface area contributed by atoms with E-state index in [2.05, 4.69) is 9.71 Å². The standard InChI is InChI=1S/C18H13ClN2O4S2/c19-17-11-5-1-3-7-13(11)26-14(17)10-25-16(22)9-20-18-12-6-2-4-8-15(12)27(23,24)21-18/h1-8H,9-10H2,(H,20,21). The molecule has 6 nitrogen and oxygen atoms in total. The molecule has 0 saturated carbocycles. The number of carbonyl (C=O) groups is 1. The van der Waals surface area contributed by atoms with E-state index in [9.17, 15) is 13.2 Å². The summed E-state index contributed by atoms with van der Waals surface area (Å²) in [4.78, 5) is 17.0. The van der Waals surface area contributed by atoms with Crippen molar-refractivity contribution < 1.29 is 17.9 Å². The van der Waals surface area contributed by atoms with Crippen molar-refractivity contribution in [1.82, 2.24) is 4.72 Å². The van der Waals surface area contributed by atoms with Crippen LogP contribution in [0.1, 0.15) is 10.4 Å². The summed E-state index contributed by atoms with van der Waals surface area (Å²) in [6.45, 7) is -0.251. The Kier molecular flexibility index (Phi) is 4.63. The van der Waals surface area contributed by atoms with Gasteiger partial charge < -0.3 is 4.74 Å². The highest BCUT2D eigenvalue weighted by Gasteiger charge is 2.30. The summed E-state index contributed by atoms with van der Waals surface area (Å²) in [5.74, 6) is -0.429. The normalized spacial score (nSPS) is 16.3. The lowest BCUT2D eigenvalue weighted by atomic mass is 10.2. The van der Waals surface area contributed by atoms with Crippen LogP contribution in [-0.2, 0) is 26.2 Å². The Morgan fingerprint density at radius 2 is 1.89 bits per heavy atom. The number of fused-ring (bicyclic) bond motifs is 2. The molecule has 27 heavy (non-hydrogen) atoms. The van der Waals surface area contributed by atoms with Crippen LogP contribution in [0.15, 0.2) is 58.4 Å². The van der Waals surface area contributed by atoms with Gasteiger partial charge in [0.2, 0.25) is 0 Å². The van der Waals surface area contributed by atoms with Crippen molar-refractivity contribution in [1.29, 1.82) is 0 Å².